The second-order valence-electron chi connectivity index (χ2n) is 3.37. The van der Waals surface area contributed by atoms with Crippen molar-refractivity contribution in [3.8, 4) is 0 Å². The maximum absolute atomic E-state index is 10.8. The van der Waals surface area contributed by atoms with Gasteiger partial charge in [-0.15, -0.1) is 0 Å². The SMILES string of the molecule is CCCCN1CC[N+](C)=C1C(=O)[O-]. The van der Waals surface area contributed by atoms with Crippen LogP contribution in [0.25, 0.3) is 0 Å². The molecule has 0 N–H and O–H groups in total. The minimum atomic E-state index is -1.06. The van der Waals surface area contributed by atoms with E-state index >= 15 is 0 Å². The molecule has 0 saturated heterocycles. The fourth-order valence-corrected chi connectivity index (χ4v) is 1.58. The van der Waals surface area contributed by atoms with E-state index in [9.17, 15) is 9.90 Å². The average Bonchev–Trinajstić information content (AvgIpc) is 2.43. The zero-order valence-electron chi connectivity index (χ0n) is 8.25. The molecule has 0 saturated carbocycles. The molecule has 1 heterocycles. The highest BCUT2D eigenvalue weighted by Gasteiger charge is 2.28. The van der Waals surface area contributed by atoms with E-state index < -0.39 is 5.97 Å². The summed E-state index contributed by atoms with van der Waals surface area (Å²) in [6, 6.07) is 0. The van der Waals surface area contributed by atoms with Crippen LogP contribution in [0.1, 0.15) is 19.8 Å². The maximum Gasteiger partial charge on any atom is 0.295 e. The highest BCUT2D eigenvalue weighted by molar-refractivity contribution is 6.31. The van der Waals surface area contributed by atoms with E-state index in [-0.39, 0.29) is 0 Å². The lowest BCUT2D eigenvalue weighted by Crippen LogP contribution is -2.44. The Balaban J connectivity index is 2.62. The standard InChI is InChI=1S/C9H16N2O2/c1-3-4-5-11-7-6-10(2)8(11)9(12)13/h3-7H2,1-2H3. The number of rotatable bonds is 4. The molecule has 0 unspecified atom stereocenters. The van der Waals surface area contributed by atoms with Gasteiger partial charge in [-0.25, -0.2) is 0 Å². The Morgan fingerprint density at radius 3 is 2.92 bits per heavy atom. The van der Waals surface area contributed by atoms with Crippen molar-refractivity contribution < 1.29 is 14.5 Å². The van der Waals surface area contributed by atoms with E-state index in [4.69, 9.17) is 0 Å². The van der Waals surface area contributed by atoms with Gasteiger partial charge in [0.05, 0.1) is 13.6 Å². The molecule has 0 fully saturated rings. The predicted octanol–water partition coefficient (Wildman–Crippen LogP) is -1.11. The van der Waals surface area contributed by atoms with Crippen LogP contribution in [0.4, 0.5) is 0 Å². The number of hydrogen-bond donors (Lipinski definition) is 0. The first-order valence-electron chi connectivity index (χ1n) is 4.71. The molecular formula is C9H16N2O2. The number of carbonyl (C=O) groups excluding carboxylic acids is 1. The van der Waals surface area contributed by atoms with Crippen LogP contribution < -0.4 is 5.11 Å². The van der Waals surface area contributed by atoms with Gasteiger partial charge in [0.25, 0.3) is 5.84 Å². The molecule has 74 valence electrons. The van der Waals surface area contributed by atoms with Gasteiger partial charge in [-0.3, -0.25) is 9.48 Å². The van der Waals surface area contributed by atoms with Gasteiger partial charge in [0.15, 0.2) is 5.97 Å². The molecule has 13 heavy (non-hydrogen) atoms. The summed E-state index contributed by atoms with van der Waals surface area (Å²) in [6.45, 7) is 4.51. The van der Waals surface area contributed by atoms with Gasteiger partial charge in [0, 0.05) is 0 Å². The first-order valence-corrected chi connectivity index (χ1v) is 4.71. The van der Waals surface area contributed by atoms with Crippen LogP contribution >= 0.6 is 0 Å². The Morgan fingerprint density at radius 1 is 1.69 bits per heavy atom. The van der Waals surface area contributed by atoms with Crippen LogP contribution in [0.15, 0.2) is 0 Å². The van der Waals surface area contributed by atoms with Crippen LogP contribution in [-0.4, -0.2) is 48.0 Å². The van der Waals surface area contributed by atoms with Crippen LogP contribution in [0.2, 0.25) is 0 Å². The van der Waals surface area contributed by atoms with Crippen molar-refractivity contribution >= 4 is 11.8 Å². The Morgan fingerprint density at radius 2 is 2.38 bits per heavy atom. The van der Waals surface area contributed by atoms with Crippen molar-refractivity contribution in [3.63, 3.8) is 0 Å². The Hall–Kier alpha value is -1.06. The summed E-state index contributed by atoms with van der Waals surface area (Å²) < 4.78 is 1.74. The van der Waals surface area contributed by atoms with Crippen LogP contribution in [0.3, 0.4) is 0 Å². The molecular weight excluding hydrogens is 168 g/mol. The van der Waals surface area contributed by atoms with Gasteiger partial charge >= 0.3 is 0 Å². The number of amidine groups is 1. The molecule has 0 aromatic rings. The highest BCUT2D eigenvalue weighted by atomic mass is 16.4. The Bertz CT molecular complexity index is 236. The lowest BCUT2D eigenvalue weighted by atomic mass is 10.3. The van der Waals surface area contributed by atoms with Crippen molar-refractivity contribution in [1.82, 2.24) is 4.90 Å². The third-order valence-corrected chi connectivity index (χ3v) is 2.33. The first kappa shape index (κ1) is 10.0. The highest BCUT2D eigenvalue weighted by Crippen LogP contribution is 2.02. The first-order chi connectivity index (χ1) is 6.16. The topological polar surface area (TPSA) is 46.4 Å². The molecule has 0 atom stereocenters. The molecule has 4 heteroatoms. The zero-order chi connectivity index (χ0) is 9.84. The van der Waals surface area contributed by atoms with Gasteiger partial charge in [-0.1, -0.05) is 13.3 Å². The minimum Gasteiger partial charge on any atom is -0.538 e. The third kappa shape index (κ3) is 2.20. The third-order valence-electron chi connectivity index (χ3n) is 2.33. The summed E-state index contributed by atoms with van der Waals surface area (Å²) in [6.07, 6.45) is 2.12. The van der Waals surface area contributed by atoms with Gasteiger partial charge in [0.1, 0.15) is 13.1 Å². The summed E-state index contributed by atoms with van der Waals surface area (Å²) in [5.41, 5.74) is 0. The van der Waals surface area contributed by atoms with Crippen LogP contribution in [0.5, 0.6) is 0 Å². The molecule has 0 radical (unpaired) electrons. The van der Waals surface area contributed by atoms with Gasteiger partial charge in [-0.2, -0.15) is 0 Å². The molecule has 0 aromatic heterocycles. The molecule has 1 aliphatic heterocycles. The van der Waals surface area contributed by atoms with Crippen molar-refractivity contribution in [3.05, 3.63) is 0 Å². The lowest BCUT2D eigenvalue weighted by Gasteiger charge is -2.12. The smallest absolute Gasteiger partial charge is 0.295 e. The van der Waals surface area contributed by atoms with Gasteiger partial charge in [-0.05, 0) is 6.42 Å². The summed E-state index contributed by atoms with van der Waals surface area (Å²) in [5, 5.41) is 10.8. The number of carboxylic acid groups (broad SMARTS) is 1. The van der Waals surface area contributed by atoms with E-state index in [0.29, 0.717) is 5.84 Å². The number of carboxylic acids is 1. The summed E-state index contributed by atoms with van der Waals surface area (Å²) in [5.74, 6) is -0.718. The van der Waals surface area contributed by atoms with E-state index in [1.165, 1.54) is 0 Å². The molecule has 4 nitrogen and oxygen atoms in total. The van der Waals surface area contributed by atoms with E-state index in [0.717, 1.165) is 32.5 Å². The number of hydrogen-bond acceptors (Lipinski definition) is 3. The molecule has 0 amide bonds. The average molecular weight is 184 g/mol. The number of likely N-dealkylation sites (N-methyl/N-ethyl adjacent to an activating group) is 1. The van der Waals surface area contributed by atoms with Crippen molar-refractivity contribution in [2.75, 3.05) is 26.7 Å². The summed E-state index contributed by atoms with van der Waals surface area (Å²) >= 11 is 0. The van der Waals surface area contributed by atoms with Crippen LogP contribution in [-0.2, 0) is 4.79 Å². The fraction of sp³-hybridized carbons (Fsp3) is 0.778. The van der Waals surface area contributed by atoms with E-state index in [2.05, 4.69) is 6.92 Å². The van der Waals surface area contributed by atoms with Gasteiger partial charge in [0.2, 0.25) is 0 Å². The van der Waals surface area contributed by atoms with E-state index in [1.54, 1.807) is 11.6 Å². The predicted molar refractivity (Wildman–Crippen MR) is 47.5 cm³/mol. The summed E-state index contributed by atoms with van der Waals surface area (Å²) in [4.78, 5) is 12.6. The monoisotopic (exact) mass is 184 g/mol. The molecule has 0 bridgehead atoms. The van der Waals surface area contributed by atoms with Crippen LogP contribution in [0, 0.1) is 0 Å². The molecule has 0 spiro atoms. The largest absolute Gasteiger partial charge is 0.538 e. The Kier molecular flexibility index (Phi) is 3.28. The summed E-state index contributed by atoms with van der Waals surface area (Å²) in [7, 11) is 1.79. The second kappa shape index (κ2) is 4.25. The number of nitrogens with zero attached hydrogens (tertiary/aromatic N) is 2. The zero-order valence-corrected chi connectivity index (χ0v) is 8.25. The Labute approximate surface area is 78.5 Å². The normalized spacial score (nSPS) is 16.9. The molecule has 0 aliphatic carbocycles. The molecule has 1 rings (SSSR count). The molecule has 1 aliphatic rings. The van der Waals surface area contributed by atoms with Crippen molar-refractivity contribution in [2.45, 2.75) is 19.8 Å². The fourth-order valence-electron chi connectivity index (χ4n) is 1.58. The van der Waals surface area contributed by atoms with Crippen molar-refractivity contribution in [1.29, 1.82) is 0 Å². The number of aliphatic carboxylic acids is 1. The van der Waals surface area contributed by atoms with E-state index in [1.807, 2.05) is 4.90 Å². The number of carbonyl (C=O) groups is 1. The minimum absolute atomic E-state index is 0.341. The lowest BCUT2D eigenvalue weighted by molar-refractivity contribution is -0.488. The van der Waals surface area contributed by atoms with Gasteiger partial charge < -0.3 is 9.90 Å². The quantitative estimate of drug-likeness (QED) is 0.521. The molecule has 0 aromatic carbocycles. The number of unbranched alkanes of at least 4 members (excludes halogenated alkanes) is 1. The maximum atomic E-state index is 10.8. The second-order valence-corrected chi connectivity index (χ2v) is 3.37. The van der Waals surface area contributed by atoms with Crippen molar-refractivity contribution in [2.24, 2.45) is 0 Å².